The SMILES string of the molecule is CCCSc1nnc(N2C(N)=C(C#N)C(c3ccc(O)c(OC)c3)C3=C2CCCC3=O)s1. The lowest BCUT2D eigenvalue weighted by molar-refractivity contribution is -0.116. The number of carbonyl (C=O) groups excluding carboxylic acids is 1. The van der Waals surface area contributed by atoms with Crippen LogP contribution in [0.1, 0.15) is 44.1 Å². The Morgan fingerprint density at radius 1 is 1.41 bits per heavy atom. The highest BCUT2D eigenvalue weighted by Crippen LogP contribution is 2.48. The molecule has 0 bridgehead atoms. The maximum atomic E-state index is 13.2. The largest absolute Gasteiger partial charge is 0.504 e. The zero-order valence-electron chi connectivity index (χ0n) is 17.8. The minimum absolute atomic E-state index is 0.0145. The Hall–Kier alpha value is -3.03. The molecule has 3 N–H and O–H groups in total. The summed E-state index contributed by atoms with van der Waals surface area (Å²) in [6.45, 7) is 2.10. The second-order valence-electron chi connectivity index (χ2n) is 7.45. The molecule has 1 aromatic carbocycles. The molecule has 4 rings (SSSR count). The van der Waals surface area contributed by atoms with Gasteiger partial charge >= 0.3 is 0 Å². The quantitative estimate of drug-likeness (QED) is 0.602. The van der Waals surface area contributed by atoms with E-state index < -0.39 is 5.92 Å². The number of rotatable bonds is 6. The molecule has 0 radical (unpaired) electrons. The molecule has 1 aromatic heterocycles. The summed E-state index contributed by atoms with van der Waals surface area (Å²) in [7, 11) is 1.46. The predicted octanol–water partition coefficient (Wildman–Crippen LogP) is 4.06. The van der Waals surface area contributed by atoms with Crippen LogP contribution in [0, 0.1) is 11.3 Å². The van der Waals surface area contributed by atoms with Crippen molar-refractivity contribution in [3.63, 3.8) is 0 Å². The lowest BCUT2D eigenvalue weighted by Crippen LogP contribution is -2.38. The highest BCUT2D eigenvalue weighted by atomic mass is 32.2. The number of hydrogen-bond acceptors (Lipinski definition) is 10. The molecular formula is C22H23N5O3S2. The van der Waals surface area contributed by atoms with E-state index in [1.807, 2.05) is 0 Å². The molecular weight excluding hydrogens is 446 g/mol. The Morgan fingerprint density at radius 2 is 2.22 bits per heavy atom. The highest BCUT2D eigenvalue weighted by molar-refractivity contribution is 8.01. The van der Waals surface area contributed by atoms with E-state index >= 15 is 0 Å². The number of aromatic nitrogens is 2. The number of aromatic hydroxyl groups is 1. The number of phenolic OH excluding ortho intramolecular Hbond substituents is 1. The zero-order chi connectivity index (χ0) is 22.8. The number of anilines is 1. The van der Waals surface area contributed by atoms with E-state index in [4.69, 9.17) is 10.5 Å². The highest BCUT2D eigenvalue weighted by Gasteiger charge is 2.41. The first-order valence-corrected chi connectivity index (χ1v) is 12.1. The minimum Gasteiger partial charge on any atom is -0.504 e. The van der Waals surface area contributed by atoms with Crippen LogP contribution in [0.15, 0.2) is 45.2 Å². The molecule has 0 fully saturated rings. The van der Waals surface area contributed by atoms with Crippen LogP contribution in [0.3, 0.4) is 0 Å². The first-order chi connectivity index (χ1) is 15.5. The van der Waals surface area contributed by atoms with Gasteiger partial charge in [0.25, 0.3) is 0 Å². The third-order valence-electron chi connectivity index (χ3n) is 5.47. The van der Waals surface area contributed by atoms with Crippen LogP contribution >= 0.6 is 23.1 Å². The van der Waals surface area contributed by atoms with Crippen molar-refractivity contribution in [2.24, 2.45) is 5.73 Å². The number of nitrogens with two attached hydrogens (primary N) is 1. The van der Waals surface area contributed by atoms with Gasteiger partial charge in [-0.25, -0.2) is 0 Å². The van der Waals surface area contributed by atoms with Gasteiger partial charge in [-0.15, -0.1) is 10.2 Å². The van der Waals surface area contributed by atoms with Gasteiger partial charge in [-0.05, 0) is 37.0 Å². The van der Waals surface area contributed by atoms with E-state index in [0.29, 0.717) is 35.5 Å². The lowest BCUT2D eigenvalue weighted by Gasteiger charge is -2.38. The van der Waals surface area contributed by atoms with Gasteiger partial charge in [0.05, 0.1) is 24.7 Å². The van der Waals surface area contributed by atoms with Gasteiger partial charge in [0, 0.05) is 23.4 Å². The third kappa shape index (κ3) is 3.82. The van der Waals surface area contributed by atoms with Crippen molar-refractivity contribution >= 4 is 34.0 Å². The van der Waals surface area contributed by atoms with Crippen LogP contribution in [-0.2, 0) is 4.79 Å². The van der Waals surface area contributed by atoms with E-state index in [-0.39, 0.29) is 28.7 Å². The minimum atomic E-state index is -0.629. The Kier molecular flexibility index (Phi) is 6.39. The molecule has 2 aromatic rings. The van der Waals surface area contributed by atoms with Crippen molar-refractivity contribution in [1.82, 2.24) is 10.2 Å². The third-order valence-corrected chi connectivity index (χ3v) is 7.71. The number of hydrogen-bond donors (Lipinski definition) is 2. The Bertz CT molecular complexity index is 1160. The summed E-state index contributed by atoms with van der Waals surface area (Å²) >= 11 is 3.02. The summed E-state index contributed by atoms with van der Waals surface area (Å²) in [5.41, 5.74) is 8.79. The first-order valence-electron chi connectivity index (χ1n) is 10.3. The van der Waals surface area contributed by atoms with Crippen molar-refractivity contribution in [2.75, 3.05) is 17.8 Å². The number of allylic oxidation sites excluding steroid dienone is 3. The Balaban J connectivity index is 1.87. The van der Waals surface area contributed by atoms with Gasteiger partial charge in [-0.1, -0.05) is 36.1 Å². The summed E-state index contributed by atoms with van der Waals surface area (Å²) in [6, 6.07) is 7.07. The smallest absolute Gasteiger partial charge is 0.219 e. The van der Waals surface area contributed by atoms with Crippen LogP contribution < -0.4 is 15.4 Å². The Labute approximate surface area is 194 Å². The number of nitrogens with zero attached hydrogens (tertiary/aromatic N) is 4. The van der Waals surface area contributed by atoms with Crippen molar-refractivity contribution in [3.05, 3.63) is 46.4 Å². The van der Waals surface area contributed by atoms with Crippen molar-refractivity contribution in [1.29, 1.82) is 5.26 Å². The normalized spacial score (nSPS) is 18.6. The zero-order valence-corrected chi connectivity index (χ0v) is 19.4. The molecule has 2 heterocycles. The number of thioether (sulfide) groups is 1. The second-order valence-corrected chi connectivity index (χ2v) is 9.74. The average molecular weight is 470 g/mol. The van der Waals surface area contributed by atoms with Crippen molar-refractivity contribution < 1.29 is 14.6 Å². The summed E-state index contributed by atoms with van der Waals surface area (Å²) in [4.78, 5) is 14.9. The number of methoxy groups -OCH3 is 1. The van der Waals surface area contributed by atoms with Gasteiger partial charge in [-0.2, -0.15) is 5.26 Å². The number of ether oxygens (including phenoxy) is 1. The van der Waals surface area contributed by atoms with E-state index in [2.05, 4.69) is 23.2 Å². The molecule has 1 unspecified atom stereocenters. The fourth-order valence-corrected chi connectivity index (χ4v) is 5.86. The monoisotopic (exact) mass is 469 g/mol. The fraction of sp³-hybridized carbons (Fsp3) is 0.364. The molecule has 10 heteroatoms. The number of carbonyl (C=O) groups is 1. The summed E-state index contributed by atoms with van der Waals surface area (Å²) < 4.78 is 6.07. The van der Waals surface area contributed by atoms with Gasteiger partial charge in [-0.3, -0.25) is 9.69 Å². The molecule has 0 amide bonds. The number of ketones is 1. The van der Waals surface area contributed by atoms with E-state index in [1.54, 1.807) is 28.8 Å². The molecule has 8 nitrogen and oxygen atoms in total. The van der Waals surface area contributed by atoms with Crippen LogP contribution in [-0.4, -0.2) is 33.9 Å². The standard InChI is InChI=1S/C22H23N5O3S2/c1-3-9-31-22-26-25-21(32-22)27-14-5-4-6-16(29)19(14)18(13(11-23)20(27)24)12-7-8-15(28)17(10-12)30-2/h7-8,10,18,28H,3-6,9,24H2,1-2H3. The van der Waals surface area contributed by atoms with E-state index in [9.17, 15) is 15.2 Å². The average Bonchev–Trinajstić information content (AvgIpc) is 3.26. The molecule has 1 aliphatic heterocycles. The first kappa shape index (κ1) is 22.2. The molecule has 0 spiro atoms. The molecule has 0 saturated carbocycles. The second kappa shape index (κ2) is 9.22. The Morgan fingerprint density at radius 3 is 2.94 bits per heavy atom. The number of phenols is 1. The molecule has 2 aliphatic rings. The maximum absolute atomic E-state index is 13.2. The topological polar surface area (TPSA) is 125 Å². The number of nitriles is 1. The molecule has 1 atom stereocenters. The number of benzene rings is 1. The lowest BCUT2D eigenvalue weighted by atomic mass is 9.75. The maximum Gasteiger partial charge on any atom is 0.219 e. The van der Waals surface area contributed by atoms with Crippen LogP contribution in [0.25, 0.3) is 0 Å². The summed E-state index contributed by atoms with van der Waals surface area (Å²) in [6.07, 6.45) is 2.77. The van der Waals surface area contributed by atoms with Gasteiger partial charge < -0.3 is 15.6 Å². The van der Waals surface area contributed by atoms with Gasteiger partial charge in [0.1, 0.15) is 5.82 Å². The molecule has 1 aliphatic carbocycles. The van der Waals surface area contributed by atoms with E-state index in [0.717, 1.165) is 22.2 Å². The molecule has 32 heavy (non-hydrogen) atoms. The molecule has 166 valence electrons. The summed E-state index contributed by atoms with van der Waals surface area (Å²) in [5, 5.41) is 29.2. The van der Waals surface area contributed by atoms with Crippen molar-refractivity contribution in [3.8, 4) is 17.6 Å². The van der Waals surface area contributed by atoms with Crippen LogP contribution in [0.2, 0.25) is 0 Å². The summed E-state index contributed by atoms with van der Waals surface area (Å²) in [5.74, 6) is 0.795. The molecule has 0 saturated heterocycles. The van der Waals surface area contributed by atoms with Gasteiger partial charge in [0.2, 0.25) is 5.13 Å². The van der Waals surface area contributed by atoms with E-state index in [1.165, 1.54) is 24.5 Å². The van der Waals surface area contributed by atoms with Gasteiger partial charge in [0.15, 0.2) is 21.6 Å². The fourth-order valence-electron chi connectivity index (χ4n) is 4.05. The number of Topliss-reactive ketones (excluding diaryl/α,β-unsaturated/α-hetero) is 1. The van der Waals surface area contributed by atoms with Crippen LogP contribution in [0.4, 0.5) is 5.13 Å². The van der Waals surface area contributed by atoms with Crippen molar-refractivity contribution in [2.45, 2.75) is 42.9 Å². The predicted molar refractivity (Wildman–Crippen MR) is 124 cm³/mol. The van der Waals surface area contributed by atoms with Crippen LogP contribution in [0.5, 0.6) is 11.5 Å².